The number of pyridine rings is 1. The number of fused-ring (bicyclic) bond motifs is 1. The van der Waals surface area contributed by atoms with E-state index in [0.717, 1.165) is 11.3 Å². The predicted molar refractivity (Wildman–Crippen MR) is 82.5 cm³/mol. The molecule has 0 aliphatic rings. The second kappa shape index (κ2) is 5.16. The van der Waals surface area contributed by atoms with Crippen molar-refractivity contribution in [2.45, 2.75) is 13.3 Å². The maximum Gasteiger partial charge on any atom is 0.245 e. The number of hydrogen-bond acceptors (Lipinski definition) is 7. The summed E-state index contributed by atoms with van der Waals surface area (Å²) >= 11 is 0. The second-order valence-corrected chi connectivity index (χ2v) is 5.04. The molecule has 0 spiro atoms. The van der Waals surface area contributed by atoms with Crippen molar-refractivity contribution in [1.82, 2.24) is 29.5 Å². The number of nitrogen functional groups attached to an aromatic ring is 1. The molecular formula is C15H13N7O. The average molecular weight is 307 g/mol. The minimum absolute atomic E-state index is 0.235. The van der Waals surface area contributed by atoms with Crippen LogP contribution in [-0.4, -0.2) is 29.5 Å². The maximum atomic E-state index is 6.00. The average Bonchev–Trinajstić information content (AvgIpc) is 3.21. The van der Waals surface area contributed by atoms with Gasteiger partial charge in [0.15, 0.2) is 11.5 Å². The zero-order chi connectivity index (χ0) is 15.8. The molecule has 0 fully saturated rings. The van der Waals surface area contributed by atoms with Gasteiger partial charge >= 0.3 is 0 Å². The van der Waals surface area contributed by atoms with E-state index in [1.807, 2.05) is 25.1 Å². The van der Waals surface area contributed by atoms with Crippen LogP contribution in [0.3, 0.4) is 0 Å². The molecule has 4 heterocycles. The van der Waals surface area contributed by atoms with E-state index in [4.69, 9.17) is 10.2 Å². The zero-order valence-electron chi connectivity index (χ0n) is 12.3. The van der Waals surface area contributed by atoms with Crippen molar-refractivity contribution in [3.8, 4) is 11.6 Å². The Kier molecular flexibility index (Phi) is 3.00. The molecular weight excluding hydrogens is 294 g/mol. The van der Waals surface area contributed by atoms with Crippen LogP contribution in [0, 0.1) is 6.92 Å². The fourth-order valence-corrected chi connectivity index (χ4v) is 2.40. The topological polar surface area (TPSA) is 108 Å². The van der Waals surface area contributed by atoms with Gasteiger partial charge in [0.2, 0.25) is 11.8 Å². The van der Waals surface area contributed by atoms with Gasteiger partial charge in [-0.15, -0.1) is 5.10 Å². The Morgan fingerprint density at radius 1 is 1.17 bits per heavy atom. The van der Waals surface area contributed by atoms with E-state index in [-0.39, 0.29) is 5.95 Å². The van der Waals surface area contributed by atoms with Gasteiger partial charge < -0.3 is 10.2 Å². The third kappa shape index (κ3) is 2.30. The lowest BCUT2D eigenvalue weighted by molar-refractivity contribution is 0.571. The van der Waals surface area contributed by atoms with Gasteiger partial charge in [0.05, 0.1) is 12.6 Å². The second-order valence-electron chi connectivity index (χ2n) is 5.04. The molecule has 4 rings (SSSR count). The Balaban J connectivity index is 1.82. The predicted octanol–water partition coefficient (Wildman–Crippen LogP) is 1.66. The summed E-state index contributed by atoms with van der Waals surface area (Å²) in [4.78, 5) is 17.3. The summed E-state index contributed by atoms with van der Waals surface area (Å²) in [6, 6.07) is 5.73. The summed E-state index contributed by atoms with van der Waals surface area (Å²) in [5.41, 5.74) is 8.90. The summed E-state index contributed by atoms with van der Waals surface area (Å²) in [6.45, 7) is 1.89. The van der Waals surface area contributed by atoms with Crippen molar-refractivity contribution in [2.75, 3.05) is 5.73 Å². The summed E-state index contributed by atoms with van der Waals surface area (Å²) in [5, 5.41) is 4.42. The monoisotopic (exact) mass is 307 g/mol. The van der Waals surface area contributed by atoms with Crippen molar-refractivity contribution in [3.63, 3.8) is 0 Å². The van der Waals surface area contributed by atoms with Gasteiger partial charge in [0, 0.05) is 17.5 Å². The standard InChI is InChI=1S/C15H13N7O/c1-9-12(14-18-6-7-23-14)20-15(16)22-13(9)19-11(21-22)8-10-4-2-3-5-17-10/h2-7H,8H2,1H3,(H2,16,20). The highest BCUT2D eigenvalue weighted by molar-refractivity contribution is 5.65. The van der Waals surface area contributed by atoms with Crippen molar-refractivity contribution in [1.29, 1.82) is 0 Å². The first kappa shape index (κ1) is 13.4. The van der Waals surface area contributed by atoms with Crippen LogP contribution in [-0.2, 0) is 6.42 Å². The fourth-order valence-electron chi connectivity index (χ4n) is 2.40. The molecule has 0 atom stereocenters. The third-order valence-electron chi connectivity index (χ3n) is 3.49. The fraction of sp³-hybridized carbons (Fsp3) is 0.133. The summed E-state index contributed by atoms with van der Waals surface area (Å²) < 4.78 is 6.84. The van der Waals surface area contributed by atoms with Crippen LogP contribution in [0.1, 0.15) is 17.1 Å². The van der Waals surface area contributed by atoms with E-state index in [0.29, 0.717) is 29.5 Å². The largest absolute Gasteiger partial charge is 0.443 e. The van der Waals surface area contributed by atoms with Crippen LogP contribution in [0.2, 0.25) is 0 Å². The van der Waals surface area contributed by atoms with Crippen molar-refractivity contribution in [3.05, 3.63) is 53.9 Å². The number of nitrogens with zero attached hydrogens (tertiary/aromatic N) is 6. The lowest BCUT2D eigenvalue weighted by Crippen LogP contribution is -2.05. The Bertz CT molecular complexity index is 961. The van der Waals surface area contributed by atoms with Gasteiger partial charge in [-0.1, -0.05) is 6.07 Å². The molecule has 0 unspecified atom stereocenters. The lowest BCUT2D eigenvalue weighted by Gasteiger charge is -2.04. The van der Waals surface area contributed by atoms with Crippen LogP contribution in [0.5, 0.6) is 0 Å². The molecule has 0 radical (unpaired) electrons. The molecule has 0 saturated heterocycles. The number of oxazole rings is 1. The third-order valence-corrected chi connectivity index (χ3v) is 3.49. The number of aryl methyl sites for hydroxylation is 1. The Morgan fingerprint density at radius 2 is 2.09 bits per heavy atom. The molecule has 2 N–H and O–H groups in total. The van der Waals surface area contributed by atoms with Gasteiger partial charge in [-0.2, -0.15) is 4.52 Å². The lowest BCUT2D eigenvalue weighted by atomic mass is 10.2. The number of rotatable bonds is 3. The summed E-state index contributed by atoms with van der Waals surface area (Å²) in [7, 11) is 0. The molecule has 8 heteroatoms. The van der Waals surface area contributed by atoms with Gasteiger partial charge in [0.25, 0.3) is 0 Å². The van der Waals surface area contributed by atoms with Gasteiger partial charge in [0.1, 0.15) is 12.0 Å². The SMILES string of the molecule is Cc1c(-c2ncco2)nc(N)n2nc(Cc3ccccn3)nc12. The van der Waals surface area contributed by atoms with E-state index in [1.165, 1.54) is 10.8 Å². The van der Waals surface area contributed by atoms with Gasteiger partial charge in [-0.05, 0) is 19.1 Å². The van der Waals surface area contributed by atoms with Crippen LogP contribution in [0.4, 0.5) is 5.95 Å². The minimum Gasteiger partial charge on any atom is -0.443 e. The molecule has 114 valence electrons. The van der Waals surface area contributed by atoms with Crippen molar-refractivity contribution < 1.29 is 4.42 Å². The first-order chi connectivity index (χ1) is 11.2. The first-order valence-corrected chi connectivity index (χ1v) is 7.04. The normalized spacial score (nSPS) is 11.2. The summed E-state index contributed by atoms with van der Waals surface area (Å²) in [6.07, 6.45) is 5.32. The molecule has 0 bridgehead atoms. The highest BCUT2D eigenvalue weighted by atomic mass is 16.3. The molecule has 0 saturated carbocycles. The van der Waals surface area contributed by atoms with Crippen LogP contribution in [0.25, 0.3) is 17.2 Å². The zero-order valence-corrected chi connectivity index (χ0v) is 12.3. The van der Waals surface area contributed by atoms with Crippen LogP contribution >= 0.6 is 0 Å². The Hall–Kier alpha value is -3.29. The van der Waals surface area contributed by atoms with E-state index in [1.54, 1.807) is 12.4 Å². The van der Waals surface area contributed by atoms with Crippen molar-refractivity contribution >= 4 is 11.6 Å². The molecule has 0 amide bonds. The molecule has 0 aliphatic carbocycles. The van der Waals surface area contributed by atoms with Crippen molar-refractivity contribution in [2.24, 2.45) is 0 Å². The molecule has 8 nitrogen and oxygen atoms in total. The van der Waals surface area contributed by atoms with E-state index < -0.39 is 0 Å². The van der Waals surface area contributed by atoms with Gasteiger partial charge in [-0.25, -0.2) is 15.0 Å². The number of aromatic nitrogens is 6. The first-order valence-electron chi connectivity index (χ1n) is 7.04. The number of nitrogens with two attached hydrogens (primary N) is 1. The van der Waals surface area contributed by atoms with E-state index in [9.17, 15) is 0 Å². The highest BCUT2D eigenvalue weighted by Crippen LogP contribution is 2.24. The van der Waals surface area contributed by atoms with E-state index in [2.05, 4.69) is 25.0 Å². The molecule has 4 aromatic rings. The van der Waals surface area contributed by atoms with Crippen LogP contribution in [0.15, 0.2) is 41.3 Å². The molecule has 4 aromatic heterocycles. The number of anilines is 1. The minimum atomic E-state index is 0.235. The quantitative estimate of drug-likeness (QED) is 0.613. The smallest absolute Gasteiger partial charge is 0.245 e. The molecule has 23 heavy (non-hydrogen) atoms. The Morgan fingerprint density at radius 3 is 2.83 bits per heavy atom. The van der Waals surface area contributed by atoms with Crippen LogP contribution < -0.4 is 5.73 Å². The highest BCUT2D eigenvalue weighted by Gasteiger charge is 2.17. The molecule has 0 aliphatic heterocycles. The van der Waals surface area contributed by atoms with E-state index >= 15 is 0 Å². The Labute approximate surface area is 131 Å². The number of hydrogen-bond donors (Lipinski definition) is 1. The summed E-state index contributed by atoms with van der Waals surface area (Å²) in [5.74, 6) is 1.27. The molecule has 0 aromatic carbocycles. The van der Waals surface area contributed by atoms with Gasteiger partial charge in [-0.3, -0.25) is 4.98 Å². The maximum absolute atomic E-state index is 6.00.